The van der Waals surface area contributed by atoms with Crippen LogP contribution in [0.1, 0.15) is 20.8 Å². The number of carbonyl (C=O) groups excluding carboxylic acids is 1. The van der Waals surface area contributed by atoms with E-state index < -0.39 is 0 Å². The molecular weight excluding hydrogens is 174 g/mol. The van der Waals surface area contributed by atoms with Crippen molar-refractivity contribution >= 4 is 6.29 Å². The van der Waals surface area contributed by atoms with Crippen LogP contribution in [0.3, 0.4) is 0 Å². The Morgan fingerprint density at radius 1 is 1.25 bits per heavy atom. The summed E-state index contributed by atoms with van der Waals surface area (Å²) in [6, 6.07) is 0. The number of rotatable bonds is 1. The Hall–Kier alpha value is 1.22. The van der Waals surface area contributed by atoms with Crippen molar-refractivity contribution in [1.29, 1.82) is 0 Å². The van der Waals surface area contributed by atoms with Crippen molar-refractivity contribution in [3.8, 4) is 0 Å². The van der Waals surface area contributed by atoms with Crippen LogP contribution in [0.25, 0.3) is 0 Å². The molecule has 0 aliphatic heterocycles. The zero-order chi connectivity index (χ0) is 5.86. The largest absolute Gasteiger partial charge is 1.00 e. The molecule has 0 aromatic heterocycles. The minimum atomic E-state index is 0. The van der Waals surface area contributed by atoms with Gasteiger partial charge in [0.1, 0.15) is 0 Å². The van der Waals surface area contributed by atoms with Crippen LogP contribution in [0.15, 0.2) is 11.1 Å². The van der Waals surface area contributed by atoms with Gasteiger partial charge >= 0.3 is 58.2 Å². The molecule has 0 aliphatic rings. The Bertz CT molecular complexity index is 101. The summed E-state index contributed by atoms with van der Waals surface area (Å²) in [5, 5.41) is 0. The van der Waals surface area contributed by atoms with Crippen LogP contribution in [-0.4, -0.2) is 6.29 Å². The van der Waals surface area contributed by atoms with E-state index in [1.54, 1.807) is 13.2 Å². The Balaban J connectivity index is 0. The predicted octanol–water partition coefficient (Wildman–Crippen LogP) is -1.54. The van der Waals surface area contributed by atoms with Crippen molar-refractivity contribution in [2.45, 2.75) is 20.8 Å². The molecule has 8 heavy (non-hydrogen) atoms. The summed E-state index contributed by atoms with van der Waals surface area (Å²) in [5.41, 5.74) is 1.75. The fraction of sp³-hybridized carbons (Fsp3) is 0.500. The standard InChI is InChI=1S/C6H9O.Rb/c1-5(2)6(3)4-7;/h1-3H3;/q-1;+1. The van der Waals surface area contributed by atoms with Crippen LogP contribution >= 0.6 is 0 Å². The molecule has 1 nitrogen and oxygen atoms in total. The first-order chi connectivity index (χ1) is 3.18. The van der Waals surface area contributed by atoms with Gasteiger partial charge in [-0.15, -0.1) is 13.8 Å². The SMILES string of the molecule is CC(C)=C(C)[C-]=O.[Rb+]. The molecule has 0 unspecified atom stereocenters. The molecule has 0 aromatic carbocycles. The van der Waals surface area contributed by atoms with E-state index in [0.717, 1.165) is 5.57 Å². The molecule has 0 fully saturated rings. The van der Waals surface area contributed by atoms with E-state index in [9.17, 15) is 4.79 Å². The van der Waals surface area contributed by atoms with Gasteiger partial charge in [-0.2, -0.15) is 5.57 Å². The van der Waals surface area contributed by atoms with Gasteiger partial charge in [0.05, 0.1) is 0 Å². The van der Waals surface area contributed by atoms with Gasteiger partial charge in [0.25, 0.3) is 0 Å². The smallest absolute Gasteiger partial charge is 0.419 e. The van der Waals surface area contributed by atoms with Crippen molar-refractivity contribution in [2.24, 2.45) is 0 Å². The number of hydrogen-bond donors (Lipinski definition) is 0. The van der Waals surface area contributed by atoms with E-state index >= 15 is 0 Å². The van der Waals surface area contributed by atoms with Crippen LogP contribution in [0, 0.1) is 0 Å². The normalized spacial score (nSPS) is 6.88. The van der Waals surface area contributed by atoms with Gasteiger partial charge in [-0.3, -0.25) is 0 Å². The molecule has 0 spiro atoms. The van der Waals surface area contributed by atoms with Gasteiger partial charge in [-0.05, 0) is 6.29 Å². The van der Waals surface area contributed by atoms with Gasteiger partial charge in [0.15, 0.2) is 0 Å². The number of hydrogen-bond acceptors (Lipinski definition) is 1. The summed E-state index contributed by atoms with van der Waals surface area (Å²) in [5.74, 6) is 0. The van der Waals surface area contributed by atoms with Gasteiger partial charge in [0, 0.05) is 0 Å². The maximum atomic E-state index is 9.76. The quantitative estimate of drug-likeness (QED) is 0.355. The molecule has 0 aromatic rings. The molecule has 0 N–H and O–H groups in total. The molecule has 0 rings (SSSR count). The third-order valence-corrected chi connectivity index (χ3v) is 0.903. The van der Waals surface area contributed by atoms with Crippen molar-refractivity contribution < 1.29 is 63.0 Å². The monoisotopic (exact) mass is 182 g/mol. The summed E-state index contributed by atoms with van der Waals surface area (Å²) < 4.78 is 0. The average Bonchev–Trinajstić information content (AvgIpc) is 1.65. The van der Waals surface area contributed by atoms with Crippen molar-refractivity contribution in [3.63, 3.8) is 0 Å². The van der Waals surface area contributed by atoms with Crippen molar-refractivity contribution in [1.82, 2.24) is 0 Å². The van der Waals surface area contributed by atoms with Crippen molar-refractivity contribution in [2.75, 3.05) is 0 Å². The maximum Gasteiger partial charge on any atom is 1.00 e. The predicted molar refractivity (Wildman–Crippen MR) is 29.7 cm³/mol. The minimum Gasteiger partial charge on any atom is -0.419 e. The Labute approximate surface area is 99.3 Å². The Morgan fingerprint density at radius 3 is 1.62 bits per heavy atom. The molecule has 0 radical (unpaired) electrons. The van der Waals surface area contributed by atoms with Crippen LogP contribution in [-0.2, 0) is 4.79 Å². The van der Waals surface area contributed by atoms with E-state index in [0.29, 0.717) is 5.57 Å². The molecule has 40 valence electrons. The summed E-state index contributed by atoms with van der Waals surface area (Å²) in [7, 11) is 0. The maximum absolute atomic E-state index is 9.76. The van der Waals surface area contributed by atoms with Crippen LogP contribution < -0.4 is 58.2 Å². The molecular formula is C6H9ORb. The molecule has 0 saturated heterocycles. The second kappa shape index (κ2) is 6.34. The Kier molecular flexibility index (Phi) is 9.46. The second-order valence-corrected chi connectivity index (χ2v) is 1.73. The number of allylic oxidation sites excluding steroid dienone is 2. The second-order valence-electron chi connectivity index (χ2n) is 1.73. The first-order valence-electron chi connectivity index (χ1n) is 2.20. The fourth-order valence-electron chi connectivity index (χ4n) is 0.102. The van der Waals surface area contributed by atoms with Gasteiger partial charge in [-0.25, -0.2) is 5.57 Å². The molecule has 0 amide bonds. The van der Waals surface area contributed by atoms with Crippen LogP contribution in [0.4, 0.5) is 0 Å². The topological polar surface area (TPSA) is 17.1 Å². The average molecular weight is 183 g/mol. The van der Waals surface area contributed by atoms with E-state index in [2.05, 4.69) is 0 Å². The third-order valence-electron chi connectivity index (χ3n) is 0.903. The van der Waals surface area contributed by atoms with E-state index in [1.807, 2.05) is 13.8 Å². The first kappa shape index (κ1) is 11.9. The molecule has 2 heteroatoms. The zero-order valence-corrected chi connectivity index (χ0v) is 10.8. The van der Waals surface area contributed by atoms with E-state index in [4.69, 9.17) is 0 Å². The third kappa shape index (κ3) is 5.35. The zero-order valence-electron chi connectivity index (χ0n) is 5.91. The Morgan fingerprint density at radius 2 is 1.62 bits per heavy atom. The molecule has 0 atom stereocenters. The van der Waals surface area contributed by atoms with Gasteiger partial charge in [-0.1, -0.05) is 6.92 Å². The van der Waals surface area contributed by atoms with Gasteiger partial charge in [0.2, 0.25) is 0 Å². The summed E-state index contributed by atoms with van der Waals surface area (Å²) in [6.45, 7) is 5.53. The fourth-order valence-corrected chi connectivity index (χ4v) is 0.102. The molecule has 0 aliphatic carbocycles. The minimum absolute atomic E-state index is 0. The molecule has 0 bridgehead atoms. The summed E-state index contributed by atoms with van der Waals surface area (Å²) in [6.07, 6.45) is 1.79. The van der Waals surface area contributed by atoms with Crippen LogP contribution in [0.2, 0.25) is 0 Å². The summed E-state index contributed by atoms with van der Waals surface area (Å²) in [4.78, 5) is 9.76. The van der Waals surface area contributed by atoms with Crippen LogP contribution in [0.5, 0.6) is 0 Å². The van der Waals surface area contributed by atoms with Crippen molar-refractivity contribution in [3.05, 3.63) is 11.1 Å². The molecule has 0 heterocycles. The van der Waals surface area contributed by atoms with E-state index in [-0.39, 0.29) is 58.2 Å². The summed E-state index contributed by atoms with van der Waals surface area (Å²) >= 11 is 0. The van der Waals surface area contributed by atoms with E-state index in [1.165, 1.54) is 0 Å². The molecule has 0 saturated carbocycles. The van der Waals surface area contributed by atoms with Gasteiger partial charge < -0.3 is 4.79 Å². The first-order valence-corrected chi connectivity index (χ1v) is 2.20.